The van der Waals surface area contributed by atoms with Gasteiger partial charge >= 0.3 is 0 Å². The van der Waals surface area contributed by atoms with Crippen LogP contribution in [0.4, 0.5) is 11.4 Å². The van der Waals surface area contributed by atoms with Gasteiger partial charge in [-0.25, -0.2) is 0 Å². The van der Waals surface area contributed by atoms with Gasteiger partial charge in [-0.2, -0.15) is 0 Å². The summed E-state index contributed by atoms with van der Waals surface area (Å²) in [6.07, 6.45) is 12.2. The smallest absolute Gasteiger partial charge is 0.292 e. The third-order valence-electron chi connectivity index (χ3n) is 4.48. The molecule has 0 fully saturated rings. The van der Waals surface area contributed by atoms with Crippen molar-refractivity contribution in [1.29, 1.82) is 0 Å². The number of hydrogen-bond acceptors (Lipinski definition) is 3. The van der Waals surface area contributed by atoms with Gasteiger partial charge in [0.2, 0.25) is 0 Å². The summed E-state index contributed by atoms with van der Waals surface area (Å²) in [5.74, 6) is 0. The van der Waals surface area contributed by atoms with Crippen LogP contribution in [0.25, 0.3) is 0 Å². The number of anilines is 1. The van der Waals surface area contributed by atoms with E-state index >= 15 is 0 Å². The lowest BCUT2D eigenvalue weighted by molar-refractivity contribution is -0.384. The van der Waals surface area contributed by atoms with Crippen LogP contribution in [-0.2, 0) is 0 Å². The first-order valence-corrected chi connectivity index (χ1v) is 9.69. The molecule has 1 aromatic carbocycles. The summed E-state index contributed by atoms with van der Waals surface area (Å²) in [6, 6.07) is 7.18. The molecule has 24 heavy (non-hydrogen) atoms. The van der Waals surface area contributed by atoms with Gasteiger partial charge in [-0.1, -0.05) is 77.3 Å². The molecule has 136 valence electrons. The molecule has 0 unspecified atom stereocenters. The molecule has 1 aromatic rings. The summed E-state index contributed by atoms with van der Waals surface area (Å²) < 4.78 is 0. The fourth-order valence-corrected chi connectivity index (χ4v) is 3.05. The van der Waals surface area contributed by atoms with Crippen molar-refractivity contribution in [3.8, 4) is 0 Å². The number of benzene rings is 1. The van der Waals surface area contributed by atoms with E-state index in [1.807, 2.05) is 12.1 Å². The predicted molar refractivity (Wildman–Crippen MR) is 103 cm³/mol. The van der Waals surface area contributed by atoms with Crippen LogP contribution in [0.15, 0.2) is 24.3 Å². The second-order valence-electron chi connectivity index (χ2n) is 6.56. The number of para-hydroxylation sites is 2. The quantitative estimate of drug-likeness (QED) is 0.226. The van der Waals surface area contributed by atoms with Gasteiger partial charge in [0, 0.05) is 19.2 Å². The number of unbranched alkanes of at least 4 members (excludes halogenated alkanes) is 8. The average Bonchev–Trinajstić information content (AvgIpc) is 2.59. The maximum atomic E-state index is 11.3. The Bertz CT molecular complexity index is 449. The summed E-state index contributed by atoms with van der Waals surface area (Å²) in [6.45, 7) is 6.27. The second-order valence-corrected chi connectivity index (χ2v) is 6.56. The molecule has 0 aliphatic rings. The minimum Gasteiger partial charge on any atom is -0.366 e. The molecule has 0 spiro atoms. The van der Waals surface area contributed by atoms with Crippen LogP contribution >= 0.6 is 0 Å². The van der Waals surface area contributed by atoms with Gasteiger partial charge in [0.05, 0.1) is 4.92 Å². The van der Waals surface area contributed by atoms with Gasteiger partial charge in [-0.05, 0) is 18.9 Å². The third kappa shape index (κ3) is 7.80. The van der Waals surface area contributed by atoms with Gasteiger partial charge in [0.15, 0.2) is 0 Å². The largest absolute Gasteiger partial charge is 0.366 e. The van der Waals surface area contributed by atoms with Crippen molar-refractivity contribution < 1.29 is 4.92 Å². The van der Waals surface area contributed by atoms with Crippen molar-refractivity contribution in [3.63, 3.8) is 0 Å². The van der Waals surface area contributed by atoms with Crippen LogP contribution in [0.3, 0.4) is 0 Å². The average molecular weight is 335 g/mol. The maximum Gasteiger partial charge on any atom is 0.292 e. The highest BCUT2D eigenvalue weighted by Gasteiger charge is 2.18. The lowest BCUT2D eigenvalue weighted by Crippen LogP contribution is -2.26. The van der Waals surface area contributed by atoms with Gasteiger partial charge < -0.3 is 4.90 Å². The molecule has 4 nitrogen and oxygen atoms in total. The Labute approximate surface area is 147 Å². The van der Waals surface area contributed by atoms with E-state index in [0.29, 0.717) is 0 Å². The zero-order valence-electron chi connectivity index (χ0n) is 15.5. The Kier molecular flexibility index (Phi) is 10.9. The number of nitrogens with zero attached hydrogens (tertiary/aromatic N) is 2. The van der Waals surface area contributed by atoms with Crippen molar-refractivity contribution in [2.45, 2.75) is 78.1 Å². The lowest BCUT2D eigenvalue weighted by atomic mass is 10.1. The molecular formula is C20H34N2O2. The molecule has 0 radical (unpaired) electrons. The van der Waals surface area contributed by atoms with Crippen molar-refractivity contribution in [1.82, 2.24) is 0 Å². The lowest BCUT2D eigenvalue weighted by Gasteiger charge is -2.24. The molecular weight excluding hydrogens is 300 g/mol. The van der Waals surface area contributed by atoms with E-state index in [-0.39, 0.29) is 10.6 Å². The molecule has 0 N–H and O–H groups in total. The Morgan fingerprint density at radius 3 is 1.83 bits per heavy atom. The van der Waals surface area contributed by atoms with Crippen molar-refractivity contribution in [3.05, 3.63) is 34.4 Å². The highest BCUT2D eigenvalue weighted by atomic mass is 16.6. The molecule has 1 rings (SSSR count). The molecule has 0 aliphatic heterocycles. The summed E-state index contributed by atoms with van der Waals surface area (Å²) >= 11 is 0. The Balaban J connectivity index is 2.64. The number of nitro benzene ring substituents is 1. The first-order chi connectivity index (χ1) is 11.7. The normalized spacial score (nSPS) is 10.8. The predicted octanol–water partition coefficient (Wildman–Crippen LogP) is 6.34. The number of rotatable bonds is 14. The zero-order valence-corrected chi connectivity index (χ0v) is 15.5. The van der Waals surface area contributed by atoms with Gasteiger partial charge in [-0.3, -0.25) is 10.1 Å². The van der Waals surface area contributed by atoms with Crippen LogP contribution in [0.2, 0.25) is 0 Å². The maximum absolute atomic E-state index is 11.3. The summed E-state index contributed by atoms with van der Waals surface area (Å²) in [5, 5.41) is 11.3. The SMILES string of the molecule is CCCCCCCN(CCCCCCC)c1ccccc1[N+](=O)[O-]. The van der Waals surface area contributed by atoms with E-state index in [1.165, 1.54) is 51.4 Å². The third-order valence-corrected chi connectivity index (χ3v) is 4.48. The van der Waals surface area contributed by atoms with Gasteiger partial charge in [-0.15, -0.1) is 0 Å². The minimum atomic E-state index is -0.253. The molecule has 4 heteroatoms. The molecule has 0 aromatic heterocycles. The number of hydrogen-bond donors (Lipinski definition) is 0. The highest BCUT2D eigenvalue weighted by molar-refractivity contribution is 5.63. The summed E-state index contributed by atoms with van der Waals surface area (Å²) in [4.78, 5) is 13.3. The Morgan fingerprint density at radius 2 is 1.33 bits per heavy atom. The molecule has 0 saturated carbocycles. The molecule has 0 saturated heterocycles. The second kappa shape index (κ2) is 12.8. The van der Waals surface area contributed by atoms with Gasteiger partial charge in [0.1, 0.15) is 5.69 Å². The minimum absolute atomic E-state index is 0.236. The molecule has 0 amide bonds. The standard InChI is InChI=1S/C20H34N2O2/c1-3-5-7-9-13-17-21(18-14-10-8-6-4-2)19-15-11-12-16-20(19)22(23)24/h11-12,15-16H,3-10,13-14,17-18H2,1-2H3. The van der Waals surface area contributed by atoms with Gasteiger partial charge in [0.25, 0.3) is 5.69 Å². The summed E-state index contributed by atoms with van der Waals surface area (Å²) in [7, 11) is 0. The van der Waals surface area contributed by atoms with Crippen LogP contribution < -0.4 is 4.90 Å². The van der Waals surface area contributed by atoms with Crippen LogP contribution in [0.1, 0.15) is 78.1 Å². The zero-order chi connectivity index (χ0) is 17.6. The van der Waals surface area contributed by atoms with E-state index in [2.05, 4.69) is 18.7 Å². The van der Waals surface area contributed by atoms with E-state index in [0.717, 1.165) is 31.6 Å². The van der Waals surface area contributed by atoms with Crippen molar-refractivity contribution in [2.75, 3.05) is 18.0 Å². The van der Waals surface area contributed by atoms with E-state index in [9.17, 15) is 10.1 Å². The fraction of sp³-hybridized carbons (Fsp3) is 0.700. The van der Waals surface area contributed by atoms with Crippen molar-refractivity contribution >= 4 is 11.4 Å². The first kappa shape index (κ1) is 20.5. The van der Waals surface area contributed by atoms with Crippen LogP contribution in [0, 0.1) is 10.1 Å². The molecule has 0 bridgehead atoms. The van der Waals surface area contributed by atoms with E-state index in [4.69, 9.17) is 0 Å². The van der Waals surface area contributed by atoms with E-state index in [1.54, 1.807) is 12.1 Å². The monoisotopic (exact) mass is 334 g/mol. The summed E-state index contributed by atoms with van der Waals surface area (Å²) in [5.41, 5.74) is 1.02. The van der Waals surface area contributed by atoms with Crippen LogP contribution in [-0.4, -0.2) is 18.0 Å². The Morgan fingerprint density at radius 1 is 0.833 bits per heavy atom. The van der Waals surface area contributed by atoms with Crippen molar-refractivity contribution in [2.24, 2.45) is 0 Å². The molecule has 0 aliphatic carbocycles. The first-order valence-electron chi connectivity index (χ1n) is 9.69. The highest BCUT2D eigenvalue weighted by Crippen LogP contribution is 2.28. The van der Waals surface area contributed by atoms with E-state index < -0.39 is 0 Å². The molecule has 0 heterocycles. The fourth-order valence-electron chi connectivity index (χ4n) is 3.05. The van der Waals surface area contributed by atoms with Crippen LogP contribution in [0.5, 0.6) is 0 Å². The molecule has 0 atom stereocenters. The number of nitro groups is 1. The Hall–Kier alpha value is -1.58. The topological polar surface area (TPSA) is 46.4 Å².